The van der Waals surface area contributed by atoms with Crippen LogP contribution >= 0.6 is 0 Å². The number of benzene rings is 8. The van der Waals surface area contributed by atoms with Gasteiger partial charge in [0.05, 0.1) is 0 Å². The average molecular weight is 1510 g/mol. The van der Waals surface area contributed by atoms with E-state index in [-0.39, 0.29) is 0 Å². The van der Waals surface area contributed by atoms with Crippen LogP contribution in [0.5, 0.6) is 23.0 Å². The summed E-state index contributed by atoms with van der Waals surface area (Å²) in [7, 11) is -10.1. The predicted octanol–water partition coefficient (Wildman–Crippen LogP) is 31.6. The first kappa shape index (κ1) is 77.6. The number of hydrogen-bond acceptors (Lipinski definition) is 8. The Hall–Kier alpha value is -8.53. The molecule has 0 unspecified atom stereocenters. The number of furan rings is 4. The number of fused-ring (bicyclic) bond motifs is 1. The Labute approximate surface area is 648 Å². The van der Waals surface area contributed by atoms with Crippen LogP contribution in [0.2, 0.25) is 66.5 Å². The lowest BCUT2D eigenvalue weighted by Crippen LogP contribution is -2.51. The Bertz CT molecular complexity index is 4420. The minimum atomic E-state index is -2.53. The summed E-state index contributed by atoms with van der Waals surface area (Å²) in [5.41, 5.74) is 16.5. The van der Waals surface area contributed by atoms with Gasteiger partial charge in [-0.05, 0) is 184 Å². The van der Waals surface area contributed by atoms with Gasteiger partial charge in [0.2, 0.25) is 0 Å². The first-order valence-corrected chi connectivity index (χ1v) is 48.7. The van der Waals surface area contributed by atoms with Gasteiger partial charge in [-0.2, -0.15) is 0 Å². The first-order chi connectivity index (χ1) is 51.4. The van der Waals surface area contributed by atoms with Gasteiger partial charge in [-0.15, -0.1) is 0 Å². The maximum atomic E-state index is 7.94. The molecule has 20 bridgehead atoms. The fourth-order valence-corrected chi connectivity index (χ4v) is 41.1. The Morgan fingerprint density at radius 3 is 0.454 bits per heavy atom. The molecular formula is C96H116O8Si4. The molecule has 108 heavy (non-hydrogen) atoms. The second-order valence-corrected chi connectivity index (χ2v) is 56.1. The predicted molar refractivity (Wildman–Crippen MR) is 465 cm³/mol. The van der Waals surface area contributed by atoms with E-state index in [0.717, 1.165) is 134 Å². The fourth-order valence-electron chi connectivity index (χ4n) is 20.1. The highest BCUT2D eigenvalue weighted by Gasteiger charge is 2.52. The van der Waals surface area contributed by atoms with Crippen molar-refractivity contribution >= 4 is 54.8 Å². The summed E-state index contributed by atoms with van der Waals surface area (Å²) in [6.45, 7) is 56.9. The van der Waals surface area contributed by atoms with Crippen LogP contribution in [0.4, 0.5) is 0 Å². The lowest BCUT2D eigenvalue weighted by molar-refractivity contribution is 0.476. The number of hydrogen-bond donors (Lipinski definition) is 0. The van der Waals surface area contributed by atoms with Gasteiger partial charge in [-0.1, -0.05) is 287 Å². The van der Waals surface area contributed by atoms with Gasteiger partial charge in [-0.3, -0.25) is 0 Å². The van der Waals surface area contributed by atoms with Gasteiger partial charge >= 0.3 is 0 Å². The molecule has 0 N–H and O–H groups in total. The maximum absolute atomic E-state index is 7.94. The highest BCUT2D eigenvalue weighted by Crippen LogP contribution is 2.56. The molecule has 8 aromatic carbocycles. The Morgan fingerprint density at radius 2 is 0.306 bits per heavy atom. The topological polar surface area (TPSA) is 89.5 Å². The standard InChI is InChI=1S/C96H116O8Si4/c1-57(2)105(58(3)4,59(5)6)101-89-53-54-90(102-106(60(7)8,61(9)10)62(11)12)94-78-42-41-77(93(89)94)69-25-33-73(34-26-69)81-45-49-85(97-81)86-51-47-83(99-86)75-37-29-71(30-38-75)79-43-44-80(72-31-39-76(40-32-72)84-48-52-88(100-84)87-50-46-82(98-87)74-35-27-70(78)28-36-74)96-92(104-108(66(19)20,67(21)22)68(23)24)56-55-91(95(79)96)103-107(63(13)14,64(15)16)65(17)18/h25-68H,1-24H3. The van der Waals surface area contributed by atoms with Crippen molar-refractivity contribution < 1.29 is 35.4 Å². The third kappa shape index (κ3) is 13.5. The van der Waals surface area contributed by atoms with Crippen LogP contribution in [0.15, 0.2) is 212 Å². The molecule has 564 valence electrons. The van der Waals surface area contributed by atoms with Gasteiger partial charge in [0.1, 0.15) is 46.0 Å². The molecule has 0 atom stereocenters. The summed E-state index contributed by atoms with van der Waals surface area (Å²) in [6, 6.07) is 69.8. The van der Waals surface area contributed by atoms with Crippen molar-refractivity contribution in [3.63, 3.8) is 0 Å². The molecule has 12 aromatic rings. The summed E-state index contributed by atoms with van der Waals surface area (Å²) >= 11 is 0. The van der Waals surface area contributed by atoms with Gasteiger partial charge in [-0.25, -0.2) is 0 Å². The average Bonchev–Trinajstić information content (AvgIpc) is 1.55. The number of rotatable bonds is 20. The molecule has 4 aromatic heterocycles. The molecule has 0 amide bonds. The second kappa shape index (κ2) is 30.4. The van der Waals surface area contributed by atoms with Crippen molar-refractivity contribution in [1.82, 2.24) is 0 Å². The van der Waals surface area contributed by atoms with Crippen molar-refractivity contribution in [3.05, 3.63) is 194 Å². The minimum Gasteiger partial charge on any atom is -0.542 e. The molecule has 0 aliphatic carbocycles. The fraction of sp³-hybridized carbons (Fsp3) is 0.375. The highest BCUT2D eigenvalue weighted by molar-refractivity contribution is 6.80. The van der Waals surface area contributed by atoms with Gasteiger partial charge in [0, 0.05) is 43.8 Å². The normalized spacial score (nSPS) is 13.1. The maximum Gasteiger partial charge on any atom is 0.258 e. The zero-order valence-corrected chi connectivity index (χ0v) is 72.7. The van der Waals surface area contributed by atoms with Crippen molar-refractivity contribution in [2.45, 2.75) is 233 Å². The van der Waals surface area contributed by atoms with E-state index in [1.54, 1.807) is 0 Å². The molecule has 0 spiro atoms. The Morgan fingerprint density at radius 1 is 0.167 bits per heavy atom. The summed E-state index contributed by atoms with van der Waals surface area (Å²) in [6.07, 6.45) is 0. The van der Waals surface area contributed by atoms with Crippen molar-refractivity contribution in [3.8, 4) is 136 Å². The van der Waals surface area contributed by atoms with E-state index in [1.807, 2.05) is 24.3 Å². The SMILES string of the molecule is CC(C)[Si](Oc1ccc(O[Si](C(C)C)(C(C)C)C(C)C)c2c3ccc(c12)-c1ccc(cc1)-c1ccc(o1)-c1ccc(o1)-c1ccc(cc1)-c1ccc(c2c(O[Si](C(C)C)(C(C)C)C(C)C)ccc(O[Si](C(C)C)(C(C)C)C(C)C)c12)-c1ccc(cc1)-c1ccc(o1)-c1ccc(o1)-c1ccc-3cc1)(C(C)C)C(C)C. The van der Waals surface area contributed by atoms with Crippen LogP contribution in [0.1, 0.15) is 166 Å². The van der Waals surface area contributed by atoms with Crippen LogP contribution in [-0.4, -0.2) is 33.3 Å². The molecule has 0 saturated heterocycles. The summed E-state index contributed by atoms with van der Waals surface area (Å²) < 4.78 is 58.9. The molecule has 0 radical (unpaired) electrons. The quantitative estimate of drug-likeness (QED) is 0.0697. The van der Waals surface area contributed by atoms with Crippen molar-refractivity contribution in [1.29, 1.82) is 0 Å². The van der Waals surface area contributed by atoms with E-state index >= 15 is 0 Å². The monoisotopic (exact) mass is 1510 g/mol. The third-order valence-corrected chi connectivity index (χ3v) is 48.9. The molecule has 18 heterocycles. The molecule has 14 aliphatic heterocycles. The molecule has 0 fully saturated rings. The third-order valence-electron chi connectivity index (χ3n) is 25.0. The van der Waals surface area contributed by atoms with E-state index in [9.17, 15) is 0 Å². The highest BCUT2D eigenvalue weighted by atomic mass is 28.4. The molecule has 12 heteroatoms. The van der Waals surface area contributed by atoms with Crippen LogP contribution in [0.25, 0.3) is 134 Å². The summed E-state index contributed by atoms with van der Waals surface area (Å²) in [5, 5.41) is 4.25. The van der Waals surface area contributed by atoms with E-state index in [1.165, 1.54) is 0 Å². The van der Waals surface area contributed by atoms with Crippen molar-refractivity contribution in [2.24, 2.45) is 0 Å². The molecule has 14 aliphatic rings. The Kier molecular flexibility index (Phi) is 21.8. The lowest BCUT2D eigenvalue weighted by Gasteiger charge is -2.44. The van der Waals surface area contributed by atoms with E-state index in [2.05, 4.69) is 336 Å². The molecule has 26 rings (SSSR count). The van der Waals surface area contributed by atoms with E-state index in [0.29, 0.717) is 89.5 Å². The molecule has 8 nitrogen and oxygen atoms in total. The first-order valence-electron chi connectivity index (χ1n) is 40.2. The Balaban J connectivity index is 1.00. The summed E-state index contributed by atoms with van der Waals surface area (Å²) in [4.78, 5) is 0. The lowest BCUT2D eigenvalue weighted by atomic mass is 9.90. The van der Waals surface area contributed by atoms with Crippen molar-refractivity contribution in [2.75, 3.05) is 0 Å². The summed E-state index contributed by atoms with van der Waals surface area (Å²) in [5.74, 6) is 9.22. The van der Waals surface area contributed by atoms with Crippen LogP contribution in [0, 0.1) is 0 Å². The van der Waals surface area contributed by atoms with Gasteiger partial charge < -0.3 is 35.4 Å². The minimum absolute atomic E-state index is 0.343. The van der Waals surface area contributed by atoms with E-state index < -0.39 is 33.3 Å². The van der Waals surface area contributed by atoms with Crippen LogP contribution in [0.3, 0.4) is 0 Å². The van der Waals surface area contributed by atoms with Gasteiger partial charge in [0.25, 0.3) is 33.3 Å². The second-order valence-electron chi connectivity index (χ2n) is 34.6. The molecular weight excluding hydrogens is 1390 g/mol. The smallest absolute Gasteiger partial charge is 0.258 e. The zero-order chi connectivity index (χ0) is 77.4. The molecule has 0 saturated carbocycles. The van der Waals surface area contributed by atoms with Crippen LogP contribution < -0.4 is 17.7 Å². The van der Waals surface area contributed by atoms with E-state index in [4.69, 9.17) is 35.4 Å². The van der Waals surface area contributed by atoms with Gasteiger partial charge in [0.15, 0.2) is 23.0 Å². The zero-order valence-electron chi connectivity index (χ0n) is 68.7. The largest absolute Gasteiger partial charge is 0.542 e. The van der Waals surface area contributed by atoms with Crippen LogP contribution in [-0.2, 0) is 0 Å².